The lowest BCUT2D eigenvalue weighted by molar-refractivity contribution is 0.174. The lowest BCUT2D eigenvalue weighted by Gasteiger charge is -2.35. The van der Waals surface area contributed by atoms with Gasteiger partial charge in [0, 0.05) is 18.6 Å². The fraction of sp³-hybridized carbons (Fsp3) is 0.429. The predicted molar refractivity (Wildman–Crippen MR) is 104 cm³/mol. The van der Waals surface area contributed by atoms with Crippen LogP contribution in [0.15, 0.2) is 54.6 Å². The van der Waals surface area contributed by atoms with Crippen molar-refractivity contribution in [3.63, 3.8) is 0 Å². The largest absolute Gasteiger partial charge is 0.772 e. The summed E-state index contributed by atoms with van der Waals surface area (Å²) in [5, 5.41) is -0.504. The first kappa shape index (κ1) is 19.8. The van der Waals surface area contributed by atoms with Gasteiger partial charge in [0.1, 0.15) is 0 Å². The molecule has 2 atom stereocenters. The molecule has 0 fully saturated rings. The molecule has 3 nitrogen and oxygen atoms in total. The number of nitrogens with zero attached hydrogens (tertiary/aromatic N) is 1. The van der Waals surface area contributed by atoms with Crippen LogP contribution in [0.25, 0.3) is 0 Å². The van der Waals surface area contributed by atoms with Crippen LogP contribution in [0.5, 0.6) is 0 Å². The molecule has 2 unspecified atom stereocenters. The Morgan fingerprint density at radius 2 is 1.40 bits per heavy atom. The summed E-state index contributed by atoms with van der Waals surface area (Å²) in [7, 11) is 0. The van der Waals surface area contributed by atoms with E-state index in [1.165, 1.54) is 11.1 Å². The zero-order valence-electron chi connectivity index (χ0n) is 15.5. The van der Waals surface area contributed by atoms with Gasteiger partial charge >= 0.3 is 0 Å². The van der Waals surface area contributed by atoms with Gasteiger partial charge in [-0.2, -0.15) is 0 Å². The van der Waals surface area contributed by atoms with E-state index < -0.39 is 16.3 Å². The molecule has 0 aliphatic carbocycles. The van der Waals surface area contributed by atoms with Crippen molar-refractivity contribution < 1.29 is 8.76 Å². The minimum absolute atomic E-state index is 0.309. The highest BCUT2D eigenvalue weighted by Gasteiger charge is 2.21. The van der Waals surface area contributed by atoms with Crippen LogP contribution in [0.3, 0.4) is 0 Å². The molecule has 25 heavy (non-hydrogen) atoms. The van der Waals surface area contributed by atoms with Crippen LogP contribution in [0, 0.1) is 0 Å². The van der Waals surface area contributed by atoms with Crippen LogP contribution in [0.2, 0.25) is 0 Å². The van der Waals surface area contributed by atoms with Crippen molar-refractivity contribution in [3.05, 3.63) is 71.3 Å². The van der Waals surface area contributed by atoms with E-state index in [2.05, 4.69) is 44.7 Å². The molecule has 2 aromatic rings. The second-order valence-electron chi connectivity index (χ2n) is 7.04. The predicted octanol–water partition coefficient (Wildman–Crippen LogP) is 4.32. The highest BCUT2D eigenvalue weighted by Crippen LogP contribution is 2.23. The molecule has 0 aromatic heterocycles. The molecule has 136 valence electrons. The van der Waals surface area contributed by atoms with E-state index in [0.717, 1.165) is 12.0 Å². The van der Waals surface area contributed by atoms with E-state index in [9.17, 15) is 8.76 Å². The van der Waals surface area contributed by atoms with Crippen molar-refractivity contribution in [2.45, 2.75) is 51.4 Å². The molecule has 0 N–H and O–H groups in total. The van der Waals surface area contributed by atoms with Gasteiger partial charge < -0.3 is 4.55 Å². The minimum atomic E-state index is -2.14. The Hall–Kier alpha value is -1.49. The fourth-order valence-electron chi connectivity index (χ4n) is 3.17. The first-order valence-corrected chi connectivity index (χ1v) is 9.99. The van der Waals surface area contributed by atoms with Crippen LogP contribution >= 0.6 is 0 Å². The third-order valence-electron chi connectivity index (χ3n) is 4.54. The van der Waals surface area contributed by atoms with Crippen LogP contribution < -0.4 is 0 Å². The molecule has 0 saturated heterocycles. The van der Waals surface area contributed by atoms with Gasteiger partial charge in [0.05, 0.1) is 5.25 Å². The van der Waals surface area contributed by atoms with Crippen LogP contribution in [0.1, 0.15) is 49.6 Å². The van der Waals surface area contributed by atoms with Crippen LogP contribution in [-0.2, 0) is 17.5 Å². The maximum absolute atomic E-state index is 11.8. The van der Waals surface area contributed by atoms with E-state index >= 15 is 0 Å². The molecule has 0 amide bonds. The summed E-state index contributed by atoms with van der Waals surface area (Å²) in [6, 6.07) is 18.9. The maximum atomic E-state index is 11.8. The highest BCUT2D eigenvalue weighted by atomic mass is 32.2. The van der Waals surface area contributed by atoms with Gasteiger partial charge in [-0.15, -0.1) is 0 Å². The smallest absolute Gasteiger partial charge is 0.0592 e. The molecule has 0 radical (unpaired) electrons. The van der Waals surface area contributed by atoms with Crippen molar-refractivity contribution in [3.8, 4) is 0 Å². The second-order valence-corrected chi connectivity index (χ2v) is 8.13. The van der Waals surface area contributed by atoms with Crippen LogP contribution in [-0.4, -0.2) is 32.3 Å². The Kier molecular flexibility index (Phi) is 7.36. The average Bonchev–Trinajstić information content (AvgIpc) is 2.56. The Balaban J connectivity index is 2.15. The lowest BCUT2D eigenvalue weighted by Crippen LogP contribution is -2.40. The van der Waals surface area contributed by atoms with E-state index in [-0.39, 0.29) is 0 Å². The molecule has 2 aromatic carbocycles. The summed E-state index contributed by atoms with van der Waals surface area (Å²) in [6.45, 7) is 8.94. The zero-order chi connectivity index (χ0) is 18.4. The fourth-order valence-corrected chi connectivity index (χ4v) is 3.84. The minimum Gasteiger partial charge on any atom is -0.772 e. The summed E-state index contributed by atoms with van der Waals surface area (Å²) in [5.41, 5.74) is 3.30. The van der Waals surface area contributed by atoms with Gasteiger partial charge in [0.15, 0.2) is 0 Å². The topological polar surface area (TPSA) is 43.4 Å². The molecule has 0 spiro atoms. The SMILES string of the molecule is CC(C)N(CC(c1ccc(Cc2ccccc2)cc1)S(=O)[O-])C(C)C. The number of hydrogen-bond acceptors (Lipinski definition) is 3. The Bertz CT molecular complexity index is 660. The van der Waals surface area contributed by atoms with Crippen molar-refractivity contribution in [1.82, 2.24) is 4.90 Å². The van der Waals surface area contributed by atoms with E-state index in [1.807, 2.05) is 42.5 Å². The lowest BCUT2D eigenvalue weighted by atomic mass is 10.0. The second kappa shape index (κ2) is 9.27. The van der Waals surface area contributed by atoms with Gasteiger partial charge in [-0.1, -0.05) is 54.6 Å². The first-order valence-electron chi connectivity index (χ1n) is 8.85. The molecule has 0 bridgehead atoms. The molecule has 4 heteroatoms. The third kappa shape index (κ3) is 5.77. The van der Waals surface area contributed by atoms with E-state index in [0.29, 0.717) is 18.6 Å². The van der Waals surface area contributed by atoms with Gasteiger partial charge in [-0.05, 0) is 61.9 Å². The molecule has 0 heterocycles. The molecule has 0 aliphatic heterocycles. The normalized spacial score (nSPS) is 14.2. The summed E-state index contributed by atoms with van der Waals surface area (Å²) >= 11 is -2.14. The Morgan fingerprint density at radius 1 is 0.880 bits per heavy atom. The van der Waals surface area contributed by atoms with Gasteiger partial charge in [-0.3, -0.25) is 9.11 Å². The summed E-state index contributed by atoms with van der Waals surface area (Å²) in [6.07, 6.45) is 0.858. The monoisotopic (exact) mass is 358 g/mol. The summed E-state index contributed by atoms with van der Waals surface area (Å²) < 4.78 is 23.7. The first-order chi connectivity index (χ1) is 11.9. The zero-order valence-corrected chi connectivity index (χ0v) is 16.3. The van der Waals surface area contributed by atoms with Gasteiger partial charge in [0.2, 0.25) is 0 Å². The third-order valence-corrected chi connectivity index (χ3v) is 5.42. The number of rotatable bonds is 8. The van der Waals surface area contributed by atoms with Crippen molar-refractivity contribution >= 4 is 11.1 Å². The van der Waals surface area contributed by atoms with Crippen molar-refractivity contribution in [1.29, 1.82) is 0 Å². The number of benzene rings is 2. The Labute approximate surface area is 154 Å². The molecule has 0 saturated carbocycles. The molecular weight excluding hydrogens is 330 g/mol. The molecule has 2 rings (SSSR count). The standard InChI is InChI=1S/C21H29NO2S/c1-16(2)22(17(3)4)15-21(25(23)24)20-12-10-19(11-13-20)14-18-8-6-5-7-9-18/h5-13,16-17,21H,14-15H2,1-4H3,(H,23,24)/p-1. The molecule has 0 aliphatic rings. The van der Waals surface area contributed by atoms with Crippen LogP contribution in [0.4, 0.5) is 0 Å². The van der Waals surface area contributed by atoms with E-state index in [4.69, 9.17) is 0 Å². The summed E-state index contributed by atoms with van der Waals surface area (Å²) in [4.78, 5) is 2.22. The van der Waals surface area contributed by atoms with Crippen molar-refractivity contribution in [2.24, 2.45) is 0 Å². The highest BCUT2D eigenvalue weighted by molar-refractivity contribution is 7.79. The maximum Gasteiger partial charge on any atom is 0.0592 e. The molecular formula is C21H28NO2S-. The van der Waals surface area contributed by atoms with E-state index in [1.54, 1.807) is 0 Å². The van der Waals surface area contributed by atoms with Crippen molar-refractivity contribution in [2.75, 3.05) is 6.54 Å². The van der Waals surface area contributed by atoms with Gasteiger partial charge in [-0.25, -0.2) is 0 Å². The quantitative estimate of drug-likeness (QED) is 0.660. The Morgan fingerprint density at radius 3 is 1.88 bits per heavy atom. The van der Waals surface area contributed by atoms with Gasteiger partial charge in [0.25, 0.3) is 0 Å². The summed E-state index contributed by atoms with van der Waals surface area (Å²) in [5.74, 6) is 0. The number of hydrogen-bond donors (Lipinski definition) is 0. The average molecular weight is 359 g/mol.